The first-order valence-electron chi connectivity index (χ1n) is 8.22. The third-order valence-electron chi connectivity index (χ3n) is 3.79. The lowest BCUT2D eigenvalue weighted by Gasteiger charge is -2.09. The van der Waals surface area contributed by atoms with Gasteiger partial charge < -0.3 is 11.1 Å². The summed E-state index contributed by atoms with van der Waals surface area (Å²) >= 11 is 5.13. The Hall–Kier alpha value is -0.710. The van der Waals surface area contributed by atoms with Crippen molar-refractivity contribution in [3.8, 4) is 0 Å². The molecule has 11 heteroatoms. The summed E-state index contributed by atoms with van der Waals surface area (Å²) in [6, 6.07) is 0. The first kappa shape index (κ1) is 24.3. The fourth-order valence-electron chi connectivity index (χ4n) is 2.44. The maximum atomic E-state index is 5.68. The Morgan fingerprint density at radius 2 is 1.85 bits per heavy atom. The quantitative estimate of drug-likeness (QED) is 0.375. The monoisotopic (exact) mass is 466 g/mol. The van der Waals surface area contributed by atoms with Gasteiger partial charge in [0.05, 0.1) is 5.39 Å². The highest BCUT2D eigenvalue weighted by molar-refractivity contribution is 8.01. The fourth-order valence-corrected chi connectivity index (χ4v) is 5.31. The molecular weight excluding hydrogens is 443 g/mol. The molecule has 0 saturated heterocycles. The van der Waals surface area contributed by atoms with Crippen LogP contribution in [0.4, 0.5) is 5.82 Å². The molecule has 0 aliphatic rings. The van der Waals surface area contributed by atoms with Crippen LogP contribution in [-0.2, 0) is 6.42 Å². The van der Waals surface area contributed by atoms with Crippen molar-refractivity contribution in [2.24, 2.45) is 5.73 Å². The lowest BCUT2D eigenvalue weighted by atomic mass is 10.2. The molecule has 27 heavy (non-hydrogen) atoms. The van der Waals surface area contributed by atoms with Gasteiger partial charge in [0.1, 0.15) is 21.5 Å². The van der Waals surface area contributed by atoms with Gasteiger partial charge in [0, 0.05) is 23.6 Å². The average molecular weight is 468 g/mol. The average Bonchev–Trinajstić information content (AvgIpc) is 3.11. The zero-order valence-corrected chi connectivity index (χ0v) is 19.5. The Balaban J connectivity index is 0.00000182. The molecule has 0 saturated carbocycles. The van der Waals surface area contributed by atoms with Gasteiger partial charge in [-0.1, -0.05) is 23.1 Å². The van der Waals surface area contributed by atoms with Crippen LogP contribution >= 0.6 is 59.2 Å². The number of nitrogens with zero attached hydrogens (tertiary/aromatic N) is 4. The number of thiophene rings is 1. The number of halogens is 2. The number of rotatable bonds is 8. The zero-order valence-electron chi connectivity index (χ0n) is 15.4. The Kier molecular flexibility index (Phi) is 10.2. The molecule has 0 aliphatic heterocycles. The Bertz CT molecular complexity index is 867. The lowest BCUT2D eigenvalue weighted by molar-refractivity contribution is 0.876. The van der Waals surface area contributed by atoms with Gasteiger partial charge in [-0.15, -0.1) is 46.3 Å². The van der Waals surface area contributed by atoms with Crippen LogP contribution in [0.1, 0.15) is 27.7 Å². The molecule has 3 aromatic heterocycles. The van der Waals surface area contributed by atoms with E-state index in [2.05, 4.69) is 34.3 Å². The third kappa shape index (κ3) is 6.13. The first-order chi connectivity index (χ1) is 12.1. The van der Waals surface area contributed by atoms with Crippen LogP contribution < -0.4 is 11.1 Å². The number of hydrogen-bond donors (Lipinski definition) is 2. The van der Waals surface area contributed by atoms with E-state index in [1.54, 1.807) is 34.4 Å². The number of fused-ring (bicyclic) bond motifs is 1. The summed E-state index contributed by atoms with van der Waals surface area (Å²) in [5.74, 6) is 2.76. The van der Waals surface area contributed by atoms with Crippen LogP contribution in [0.25, 0.3) is 10.2 Å². The van der Waals surface area contributed by atoms with Crippen molar-refractivity contribution in [1.29, 1.82) is 0 Å². The summed E-state index contributed by atoms with van der Waals surface area (Å²) in [7, 11) is 0. The van der Waals surface area contributed by atoms with Gasteiger partial charge in [-0.2, -0.15) is 0 Å². The van der Waals surface area contributed by atoms with Crippen LogP contribution in [0, 0.1) is 20.8 Å². The maximum Gasteiger partial charge on any atom is 0.174 e. The van der Waals surface area contributed by atoms with E-state index in [0.717, 1.165) is 49.9 Å². The van der Waals surface area contributed by atoms with Gasteiger partial charge in [-0.3, -0.25) is 0 Å². The largest absolute Gasteiger partial charge is 0.369 e. The summed E-state index contributed by atoms with van der Waals surface area (Å²) in [6.07, 6.45) is 1.73. The highest BCUT2D eigenvalue weighted by Crippen LogP contribution is 2.33. The molecule has 0 spiro atoms. The van der Waals surface area contributed by atoms with Crippen LogP contribution in [0.5, 0.6) is 0 Å². The molecule has 150 valence electrons. The van der Waals surface area contributed by atoms with E-state index in [0.29, 0.717) is 13.0 Å². The first-order valence-corrected chi connectivity index (χ1v) is 10.8. The Morgan fingerprint density at radius 1 is 1.07 bits per heavy atom. The van der Waals surface area contributed by atoms with E-state index < -0.39 is 0 Å². The number of thioether (sulfide) groups is 1. The third-order valence-corrected chi connectivity index (χ3v) is 6.95. The highest BCUT2D eigenvalue weighted by atomic mass is 35.5. The maximum absolute atomic E-state index is 5.68. The van der Waals surface area contributed by atoms with Crippen molar-refractivity contribution in [2.75, 3.05) is 24.2 Å². The minimum atomic E-state index is 0. The summed E-state index contributed by atoms with van der Waals surface area (Å²) in [5, 5.41) is 13.8. The molecule has 0 fully saturated rings. The number of aryl methyl sites for hydroxylation is 3. The van der Waals surface area contributed by atoms with Gasteiger partial charge in [0.2, 0.25) is 0 Å². The van der Waals surface area contributed by atoms with Crippen molar-refractivity contribution < 1.29 is 0 Å². The van der Waals surface area contributed by atoms with Crippen molar-refractivity contribution in [1.82, 2.24) is 20.2 Å². The van der Waals surface area contributed by atoms with E-state index in [1.165, 1.54) is 10.4 Å². The predicted molar refractivity (Wildman–Crippen MR) is 123 cm³/mol. The van der Waals surface area contributed by atoms with E-state index in [4.69, 9.17) is 10.7 Å². The zero-order chi connectivity index (χ0) is 17.8. The molecule has 0 unspecified atom stereocenters. The SMILES string of the molecule is Cc1nnc(SCCCNc2nc(CCN)nc3sc(C)c(C)c23)s1.Cl.Cl. The minimum absolute atomic E-state index is 0. The minimum Gasteiger partial charge on any atom is -0.369 e. The number of nitrogens with one attached hydrogen (secondary N) is 1. The van der Waals surface area contributed by atoms with E-state index in [9.17, 15) is 0 Å². The molecule has 0 aliphatic carbocycles. The standard InChI is InChI=1S/C16H22N6S3.2ClH/c1-9-10(2)24-15-13(9)14(19-12(20-15)5-6-17)18-7-4-8-23-16-22-21-11(3)25-16;;/h4-8,17H2,1-3H3,(H,18,19,20);2*1H. The Labute approximate surface area is 184 Å². The summed E-state index contributed by atoms with van der Waals surface area (Å²) in [4.78, 5) is 11.7. The van der Waals surface area contributed by atoms with Crippen molar-refractivity contribution in [2.45, 2.75) is 38.0 Å². The van der Waals surface area contributed by atoms with Crippen LogP contribution in [0.15, 0.2) is 4.34 Å². The van der Waals surface area contributed by atoms with E-state index in [1.807, 2.05) is 6.92 Å². The molecule has 3 heterocycles. The smallest absolute Gasteiger partial charge is 0.174 e. The molecular formula is C16H24Cl2N6S3. The number of anilines is 1. The molecule has 6 nitrogen and oxygen atoms in total. The second-order valence-corrected chi connectivity index (χ2v) is 9.43. The predicted octanol–water partition coefficient (Wildman–Crippen LogP) is 4.41. The molecule has 0 atom stereocenters. The van der Waals surface area contributed by atoms with Gasteiger partial charge in [0.25, 0.3) is 0 Å². The molecule has 0 amide bonds. The number of aromatic nitrogens is 4. The van der Waals surface area contributed by atoms with Crippen molar-refractivity contribution in [3.63, 3.8) is 0 Å². The van der Waals surface area contributed by atoms with Gasteiger partial charge in [-0.25, -0.2) is 9.97 Å². The molecule has 3 rings (SSSR count). The molecule has 3 N–H and O–H groups in total. The van der Waals surface area contributed by atoms with Crippen LogP contribution in [0.3, 0.4) is 0 Å². The fraction of sp³-hybridized carbons (Fsp3) is 0.500. The van der Waals surface area contributed by atoms with Gasteiger partial charge in [0.15, 0.2) is 4.34 Å². The highest BCUT2D eigenvalue weighted by Gasteiger charge is 2.14. The summed E-state index contributed by atoms with van der Waals surface area (Å²) in [5.41, 5.74) is 6.94. The van der Waals surface area contributed by atoms with Crippen molar-refractivity contribution >= 4 is 75.3 Å². The second-order valence-electron chi connectivity index (χ2n) is 5.71. The molecule has 0 aromatic carbocycles. The normalized spacial score (nSPS) is 10.5. The van der Waals surface area contributed by atoms with Crippen LogP contribution in [0.2, 0.25) is 0 Å². The summed E-state index contributed by atoms with van der Waals surface area (Å²) in [6.45, 7) is 7.68. The second kappa shape index (κ2) is 11.3. The number of nitrogens with two attached hydrogens (primary N) is 1. The molecule has 0 bridgehead atoms. The Morgan fingerprint density at radius 3 is 2.52 bits per heavy atom. The lowest BCUT2D eigenvalue weighted by Crippen LogP contribution is -2.10. The van der Waals surface area contributed by atoms with Gasteiger partial charge in [-0.05, 0) is 39.3 Å². The van der Waals surface area contributed by atoms with E-state index >= 15 is 0 Å². The molecule has 3 aromatic rings. The van der Waals surface area contributed by atoms with Crippen molar-refractivity contribution in [3.05, 3.63) is 21.3 Å². The molecule has 0 radical (unpaired) electrons. The number of hydrogen-bond acceptors (Lipinski definition) is 9. The summed E-state index contributed by atoms with van der Waals surface area (Å²) < 4.78 is 1.04. The van der Waals surface area contributed by atoms with Crippen LogP contribution in [-0.4, -0.2) is 39.0 Å². The van der Waals surface area contributed by atoms with E-state index in [-0.39, 0.29) is 24.8 Å². The van der Waals surface area contributed by atoms with Gasteiger partial charge >= 0.3 is 0 Å². The topological polar surface area (TPSA) is 89.6 Å².